The molecule has 0 radical (unpaired) electrons. The van der Waals surface area contributed by atoms with E-state index >= 15 is 0 Å². The molecule has 0 fully saturated rings. The fourth-order valence-electron chi connectivity index (χ4n) is 2.33. The summed E-state index contributed by atoms with van der Waals surface area (Å²) in [6.45, 7) is 7.96. The number of rotatable bonds is 8. The Labute approximate surface area is 153 Å². The summed E-state index contributed by atoms with van der Waals surface area (Å²) >= 11 is 3.39. The van der Waals surface area contributed by atoms with E-state index < -0.39 is 0 Å². The molecule has 4 nitrogen and oxygen atoms in total. The summed E-state index contributed by atoms with van der Waals surface area (Å²) in [6, 6.07) is 5.30. The van der Waals surface area contributed by atoms with Crippen LogP contribution in [-0.4, -0.2) is 17.4 Å². The van der Waals surface area contributed by atoms with E-state index in [2.05, 4.69) is 33.5 Å². The number of carbonyl (C=O) groups is 2. The Kier molecular flexibility index (Phi) is 8.46. The molecule has 0 bridgehead atoms. The molecule has 0 atom stereocenters. The number of unbranched alkanes of at least 4 members (excludes halogenated alkanes) is 4. The van der Waals surface area contributed by atoms with Gasteiger partial charge < -0.3 is 10.6 Å². The lowest BCUT2D eigenvalue weighted by Crippen LogP contribution is -2.40. The lowest BCUT2D eigenvalue weighted by atomic mass is 10.1. The van der Waals surface area contributed by atoms with Crippen molar-refractivity contribution in [3.63, 3.8) is 0 Å². The van der Waals surface area contributed by atoms with Gasteiger partial charge in [-0.3, -0.25) is 9.59 Å². The van der Waals surface area contributed by atoms with E-state index in [0.29, 0.717) is 17.7 Å². The number of anilines is 1. The highest BCUT2D eigenvalue weighted by atomic mass is 79.9. The van der Waals surface area contributed by atoms with Gasteiger partial charge >= 0.3 is 0 Å². The van der Waals surface area contributed by atoms with Crippen molar-refractivity contribution >= 4 is 33.4 Å². The van der Waals surface area contributed by atoms with Gasteiger partial charge in [-0.15, -0.1) is 0 Å². The van der Waals surface area contributed by atoms with Crippen LogP contribution in [0.5, 0.6) is 0 Å². The van der Waals surface area contributed by atoms with E-state index in [4.69, 9.17) is 0 Å². The average Bonchev–Trinajstić information content (AvgIpc) is 2.45. The maximum Gasteiger partial charge on any atom is 0.253 e. The van der Waals surface area contributed by atoms with E-state index in [1.54, 1.807) is 18.2 Å². The molecular weight excluding hydrogens is 368 g/mol. The summed E-state index contributed by atoms with van der Waals surface area (Å²) in [7, 11) is 0. The molecule has 0 unspecified atom stereocenters. The Morgan fingerprint density at radius 3 is 2.38 bits per heavy atom. The van der Waals surface area contributed by atoms with Crippen molar-refractivity contribution in [3.8, 4) is 0 Å². The van der Waals surface area contributed by atoms with Crippen molar-refractivity contribution in [3.05, 3.63) is 28.2 Å². The smallest absolute Gasteiger partial charge is 0.253 e. The number of amides is 2. The predicted octanol–water partition coefficient (Wildman–Crippen LogP) is 5.28. The molecule has 1 aromatic carbocycles. The molecule has 0 spiro atoms. The second-order valence-corrected chi connectivity index (χ2v) is 8.02. The van der Waals surface area contributed by atoms with Gasteiger partial charge in [0, 0.05) is 16.4 Å². The van der Waals surface area contributed by atoms with E-state index in [9.17, 15) is 9.59 Å². The summed E-state index contributed by atoms with van der Waals surface area (Å²) in [6.07, 6.45) is 6.00. The third-order valence-electron chi connectivity index (χ3n) is 3.50. The molecule has 0 saturated heterocycles. The fraction of sp³-hybridized carbons (Fsp3) is 0.579. The summed E-state index contributed by atoms with van der Waals surface area (Å²) in [5.41, 5.74) is 0.696. The predicted molar refractivity (Wildman–Crippen MR) is 103 cm³/mol. The molecule has 24 heavy (non-hydrogen) atoms. The first kappa shape index (κ1) is 20.7. The third-order valence-corrected chi connectivity index (χ3v) is 3.99. The number of benzene rings is 1. The minimum Gasteiger partial charge on any atom is -0.347 e. The van der Waals surface area contributed by atoms with Gasteiger partial charge in [0.15, 0.2) is 0 Å². The van der Waals surface area contributed by atoms with Crippen molar-refractivity contribution in [2.24, 2.45) is 0 Å². The lowest BCUT2D eigenvalue weighted by molar-refractivity contribution is -0.116. The molecule has 2 amide bonds. The lowest BCUT2D eigenvalue weighted by Gasteiger charge is -2.21. The van der Waals surface area contributed by atoms with Gasteiger partial charge in [-0.2, -0.15) is 0 Å². The first-order valence-electron chi connectivity index (χ1n) is 8.65. The second kappa shape index (κ2) is 9.82. The van der Waals surface area contributed by atoms with E-state index in [-0.39, 0.29) is 17.4 Å². The van der Waals surface area contributed by atoms with Gasteiger partial charge in [-0.25, -0.2) is 0 Å². The highest BCUT2D eigenvalue weighted by molar-refractivity contribution is 9.10. The van der Waals surface area contributed by atoms with Crippen LogP contribution in [0.4, 0.5) is 5.69 Å². The standard InChI is InChI=1S/C19H29BrN2O2/c1-5-6-7-8-9-10-17(23)21-16-13-14(20)11-12-15(16)18(24)22-19(2,3)4/h11-13H,5-10H2,1-4H3,(H,21,23)(H,22,24). The molecule has 0 aliphatic carbocycles. The zero-order valence-corrected chi connectivity index (χ0v) is 16.8. The zero-order chi connectivity index (χ0) is 18.2. The minimum absolute atomic E-state index is 0.0468. The molecule has 134 valence electrons. The Morgan fingerprint density at radius 1 is 1.08 bits per heavy atom. The summed E-state index contributed by atoms with van der Waals surface area (Å²) in [5.74, 6) is -0.234. The number of carbonyl (C=O) groups excluding carboxylic acids is 2. The van der Waals surface area contributed by atoms with Gasteiger partial charge in [0.2, 0.25) is 5.91 Å². The monoisotopic (exact) mass is 396 g/mol. The van der Waals surface area contributed by atoms with Crippen LogP contribution in [-0.2, 0) is 4.79 Å². The van der Waals surface area contributed by atoms with Crippen LogP contribution in [0.1, 0.15) is 76.6 Å². The number of hydrogen-bond donors (Lipinski definition) is 2. The van der Waals surface area contributed by atoms with Crippen LogP contribution in [0, 0.1) is 0 Å². The molecule has 1 aromatic rings. The maximum absolute atomic E-state index is 12.4. The third kappa shape index (κ3) is 7.95. The highest BCUT2D eigenvalue weighted by Crippen LogP contribution is 2.22. The molecule has 5 heteroatoms. The van der Waals surface area contributed by atoms with Crippen molar-refractivity contribution in [1.82, 2.24) is 5.32 Å². The molecule has 0 saturated carbocycles. The highest BCUT2D eigenvalue weighted by Gasteiger charge is 2.19. The van der Waals surface area contributed by atoms with E-state index in [0.717, 1.165) is 17.3 Å². The fourth-order valence-corrected chi connectivity index (χ4v) is 2.69. The number of halogens is 1. The molecule has 1 rings (SSSR count). The quantitative estimate of drug-likeness (QED) is 0.587. The normalized spacial score (nSPS) is 11.2. The topological polar surface area (TPSA) is 58.2 Å². The summed E-state index contributed by atoms with van der Waals surface area (Å²) < 4.78 is 0.827. The van der Waals surface area contributed by atoms with Crippen LogP contribution >= 0.6 is 15.9 Å². The van der Waals surface area contributed by atoms with Gasteiger partial charge in [0.05, 0.1) is 11.3 Å². The molecule has 0 heterocycles. The van der Waals surface area contributed by atoms with Crippen LogP contribution < -0.4 is 10.6 Å². The van der Waals surface area contributed by atoms with Crippen LogP contribution in [0.25, 0.3) is 0 Å². The van der Waals surface area contributed by atoms with Gasteiger partial charge in [-0.1, -0.05) is 48.5 Å². The first-order chi connectivity index (χ1) is 11.2. The minimum atomic E-state index is -0.329. The van der Waals surface area contributed by atoms with E-state index in [1.807, 2.05) is 20.8 Å². The number of nitrogens with one attached hydrogen (secondary N) is 2. The zero-order valence-electron chi connectivity index (χ0n) is 15.2. The molecule has 0 aromatic heterocycles. The van der Waals surface area contributed by atoms with Crippen molar-refractivity contribution in [1.29, 1.82) is 0 Å². The van der Waals surface area contributed by atoms with Crippen LogP contribution in [0.2, 0.25) is 0 Å². The number of hydrogen-bond acceptors (Lipinski definition) is 2. The molecular formula is C19H29BrN2O2. The average molecular weight is 397 g/mol. The molecule has 0 aliphatic rings. The summed E-state index contributed by atoms with van der Waals surface area (Å²) in [4.78, 5) is 24.6. The Hall–Kier alpha value is -1.36. The Morgan fingerprint density at radius 2 is 1.75 bits per heavy atom. The molecule has 0 aliphatic heterocycles. The van der Waals surface area contributed by atoms with Crippen molar-refractivity contribution in [2.45, 2.75) is 71.8 Å². The van der Waals surface area contributed by atoms with E-state index in [1.165, 1.54) is 19.3 Å². The SMILES string of the molecule is CCCCCCCC(=O)Nc1cc(Br)ccc1C(=O)NC(C)(C)C. The van der Waals surface area contributed by atoms with Gasteiger partial charge in [0.25, 0.3) is 5.91 Å². The van der Waals surface area contributed by atoms with Crippen molar-refractivity contribution in [2.75, 3.05) is 5.32 Å². The van der Waals surface area contributed by atoms with Gasteiger partial charge in [-0.05, 0) is 45.4 Å². The maximum atomic E-state index is 12.4. The largest absolute Gasteiger partial charge is 0.347 e. The summed E-state index contributed by atoms with van der Waals surface area (Å²) in [5, 5.41) is 5.81. The van der Waals surface area contributed by atoms with Crippen LogP contribution in [0.3, 0.4) is 0 Å². The Bertz CT molecular complexity index is 565. The molecule has 2 N–H and O–H groups in total. The van der Waals surface area contributed by atoms with Crippen molar-refractivity contribution < 1.29 is 9.59 Å². The second-order valence-electron chi connectivity index (χ2n) is 7.11. The Balaban J connectivity index is 2.71. The first-order valence-corrected chi connectivity index (χ1v) is 9.44. The van der Waals surface area contributed by atoms with Crippen LogP contribution in [0.15, 0.2) is 22.7 Å². The van der Waals surface area contributed by atoms with Gasteiger partial charge in [0.1, 0.15) is 0 Å².